The fraction of sp³-hybridized carbons (Fsp3) is 0.846. The van der Waals surface area contributed by atoms with Crippen molar-refractivity contribution in [1.29, 1.82) is 0 Å². The molecule has 1 fully saturated rings. The highest BCUT2D eigenvalue weighted by molar-refractivity contribution is 5.85. The molecule has 0 aromatic carbocycles. The molecule has 21 heavy (non-hydrogen) atoms. The second kappa shape index (κ2) is 8.09. The van der Waals surface area contributed by atoms with Gasteiger partial charge >= 0.3 is 6.18 Å². The maximum Gasteiger partial charge on any atom is 0.406 e. The van der Waals surface area contributed by atoms with E-state index in [1.165, 1.54) is 0 Å². The van der Waals surface area contributed by atoms with E-state index in [1.807, 2.05) is 6.92 Å². The Kier molecular flexibility index (Phi) is 6.77. The topological polar surface area (TPSA) is 56.7 Å². The van der Waals surface area contributed by atoms with Gasteiger partial charge in [0.1, 0.15) is 13.1 Å². The lowest BCUT2D eigenvalue weighted by Crippen LogP contribution is -2.43. The maximum atomic E-state index is 12.2. The molecule has 0 heterocycles. The van der Waals surface area contributed by atoms with Crippen LogP contribution in [0.25, 0.3) is 0 Å². The quantitative estimate of drug-likeness (QED) is 0.598. The van der Waals surface area contributed by atoms with Crippen LogP contribution in [-0.4, -0.2) is 55.7 Å². The number of alkyl halides is 3. The van der Waals surface area contributed by atoms with Crippen LogP contribution < -0.4 is 10.6 Å². The smallest absolute Gasteiger partial charge is 0.357 e. The standard InChI is InChI=1S/C13H23F3N4O/c1-3-17-12(19-10-6-4-5-7-10)18-8-11(21)20(2)9-13(14,15)16/h10H,3-9H2,1-2H3,(H2,17,18,19). The molecule has 0 spiro atoms. The number of rotatable bonds is 5. The Morgan fingerprint density at radius 2 is 1.95 bits per heavy atom. The first-order valence-electron chi connectivity index (χ1n) is 7.17. The fourth-order valence-electron chi connectivity index (χ4n) is 2.21. The zero-order chi connectivity index (χ0) is 15.9. The molecule has 2 N–H and O–H groups in total. The van der Waals surface area contributed by atoms with E-state index < -0.39 is 18.6 Å². The average Bonchev–Trinajstić information content (AvgIpc) is 2.86. The van der Waals surface area contributed by atoms with Gasteiger partial charge in [0.05, 0.1) is 0 Å². The molecule has 1 saturated carbocycles. The lowest BCUT2D eigenvalue weighted by Gasteiger charge is -2.19. The summed E-state index contributed by atoms with van der Waals surface area (Å²) >= 11 is 0. The number of likely N-dealkylation sites (N-methyl/N-ethyl adjacent to an activating group) is 1. The van der Waals surface area contributed by atoms with E-state index in [0.717, 1.165) is 32.7 Å². The van der Waals surface area contributed by atoms with Crippen molar-refractivity contribution in [3.63, 3.8) is 0 Å². The third-order valence-electron chi connectivity index (χ3n) is 3.25. The number of nitrogens with one attached hydrogen (secondary N) is 2. The van der Waals surface area contributed by atoms with Gasteiger partial charge in [0.25, 0.3) is 0 Å². The minimum atomic E-state index is -4.39. The zero-order valence-electron chi connectivity index (χ0n) is 12.5. The lowest BCUT2D eigenvalue weighted by atomic mass is 10.2. The number of carbonyl (C=O) groups is 1. The molecule has 1 rings (SSSR count). The van der Waals surface area contributed by atoms with Crippen molar-refractivity contribution < 1.29 is 18.0 Å². The summed E-state index contributed by atoms with van der Waals surface area (Å²) < 4.78 is 36.6. The van der Waals surface area contributed by atoms with Crippen LogP contribution in [0.15, 0.2) is 4.99 Å². The van der Waals surface area contributed by atoms with Crippen LogP contribution in [0.2, 0.25) is 0 Å². The van der Waals surface area contributed by atoms with Gasteiger partial charge in [0.2, 0.25) is 5.91 Å². The SMILES string of the molecule is CCNC(=NCC(=O)N(C)CC(F)(F)F)NC1CCCC1. The molecule has 0 aromatic rings. The fourth-order valence-corrected chi connectivity index (χ4v) is 2.21. The Labute approximate surface area is 123 Å². The predicted molar refractivity (Wildman–Crippen MR) is 75.1 cm³/mol. The van der Waals surface area contributed by atoms with E-state index in [9.17, 15) is 18.0 Å². The van der Waals surface area contributed by atoms with Crippen LogP contribution in [0.1, 0.15) is 32.6 Å². The molecule has 0 aromatic heterocycles. The Balaban J connectivity index is 2.49. The van der Waals surface area contributed by atoms with Gasteiger partial charge in [-0.1, -0.05) is 12.8 Å². The van der Waals surface area contributed by atoms with Crippen molar-refractivity contribution in [1.82, 2.24) is 15.5 Å². The summed E-state index contributed by atoms with van der Waals surface area (Å²) in [5.41, 5.74) is 0. The van der Waals surface area contributed by atoms with Gasteiger partial charge in [-0.2, -0.15) is 13.2 Å². The number of hydrogen-bond acceptors (Lipinski definition) is 2. The lowest BCUT2D eigenvalue weighted by molar-refractivity contribution is -0.157. The second-order valence-corrected chi connectivity index (χ2v) is 5.19. The van der Waals surface area contributed by atoms with E-state index in [4.69, 9.17) is 0 Å². The molecule has 1 aliphatic rings. The Morgan fingerprint density at radius 1 is 1.33 bits per heavy atom. The highest BCUT2D eigenvalue weighted by Gasteiger charge is 2.31. The highest BCUT2D eigenvalue weighted by atomic mass is 19.4. The number of aliphatic imine (C=N–C) groups is 1. The van der Waals surface area contributed by atoms with Gasteiger partial charge in [-0.25, -0.2) is 4.99 Å². The monoisotopic (exact) mass is 308 g/mol. The normalized spacial score (nSPS) is 16.9. The third kappa shape index (κ3) is 7.19. The first-order chi connectivity index (χ1) is 9.81. The van der Waals surface area contributed by atoms with Gasteiger partial charge in [0.15, 0.2) is 5.96 Å². The third-order valence-corrected chi connectivity index (χ3v) is 3.25. The summed E-state index contributed by atoms with van der Waals surface area (Å²) in [6.45, 7) is 0.969. The summed E-state index contributed by atoms with van der Waals surface area (Å²) in [4.78, 5) is 16.3. The van der Waals surface area contributed by atoms with Crippen LogP contribution in [0.3, 0.4) is 0 Å². The van der Waals surface area contributed by atoms with E-state index in [2.05, 4.69) is 15.6 Å². The largest absolute Gasteiger partial charge is 0.406 e. The molecule has 0 saturated heterocycles. The average molecular weight is 308 g/mol. The molecular weight excluding hydrogens is 285 g/mol. The van der Waals surface area contributed by atoms with Crippen molar-refractivity contribution in [3.8, 4) is 0 Å². The molecule has 5 nitrogen and oxygen atoms in total. The minimum absolute atomic E-state index is 0.297. The first-order valence-corrected chi connectivity index (χ1v) is 7.17. The van der Waals surface area contributed by atoms with Crippen molar-refractivity contribution >= 4 is 11.9 Å². The van der Waals surface area contributed by atoms with E-state index in [1.54, 1.807) is 0 Å². The Hall–Kier alpha value is -1.47. The number of carbonyl (C=O) groups excluding carboxylic acids is 1. The second-order valence-electron chi connectivity index (χ2n) is 5.19. The molecule has 0 radical (unpaired) electrons. The van der Waals surface area contributed by atoms with E-state index in [-0.39, 0.29) is 6.54 Å². The molecule has 1 aliphatic carbocycles. The molecule has 0 bridgehead atoms. The van der Waals surface area contributed by atoms with Crippen molar-refractivity contribution in [2.75, 3.05) is 26.7 Å². The molecule has 0 aliphatic heterocycles. The zero-order valence-corrected chi connectivity index (χ0v) is 12.5. The minimum Gasteiger partial charge on any atom is -0.357 e. The van der Waals surface area contributed by atoms with Gasteiger partial charge < -0.3 is 15.5 Å². The van der Waals surface area contributed by atoms with Gasteiger partial charge in [-0.3, -0.25) is 4.79 Å². The van der Waals surface area contributed by atoms with Crippen LogP contribution in [0, 0.1) is 0 Å². The molecule has 0 atom stereocenters. The Bertz CT molecular complexity index is 365. The van der Waals surface area contributed by atoms with Crippen LogP contribution in [-0.2, 0) is 4.79 Å². The number of guanidine groups is 1. The summed E-state index contributed by atoms with van der Waals surface area (Å²) in [6.07, 6.45) is 0.0219. The molecular formula is C13H23F3N4O. The first kappa shape index (κ1) is 17.6. The summed E-state index contributed by atoms with van der Waals surface area (Å²) in [6, 6.07) is 0.325. The number of hydrogen-bond donors (Lipinski definition) is 2. The molecule has 1 amide bonds. The number of amides is 1. The highest BCUT2D eigenvalue weighted by Crippen LogP contribution is 2.17. The van der Waals surface area contributed by atoms with Crippen LogP contribution >= 0.6 is 0 Å². The van der Waals surface area contributed by atoms with E-state index in [0.29, 0.717) is 23.4 Å². The summed E-state index contributed by atoms with van der Waals surface area (Å²) in [5.74, 6) is -0.172. The van der Waals surface area contributed by atoms with Gasteiger partial charge in [-0.15, -0.1) is 0 Å². The van der Waals surface area contributed by atoms with Crippen molar-refractivity contribution in [2.45, 2.75) is 44.8 Å². The predicted octanol–water partition coefficient (Wildman–Crippen LogP) is 1.50. The van der Waals surface area contributed by atoms with E-state index >= 15 is 0 Å². The summed E-state index contributed by atoms with van der Waals surface area (Å²) in [5, 5.41) is 6.20. The molecule has 0 unspecified atom stereocenters. The van der Waals surface area contributed by atoms with Crippen molar-refractivity contribution in [2.24, 2.45) is 4.99 Å². The Morgan fingerprint density at radius 3 is 2.48 bits per heavy atom. The number of halogens is 3. The summed E-state index contributed by atoms with van der Waals surface area (Å²) in [7, 11) is 1.13. The molecule has 122 valence electrons. The van der Waals surface area contributed by atoms with Gasteiger partial charge in [0, 0.05) is 19.6 Å². The van der Waals surface area contributed by atoms with Gasteiger partial charge in [-0.05, 0) is 19.8 Å². The van der Waals surface area contributed by atoms with Crippen LogP contribution in [0.4, 0.5) is 13.2 Å². The maximum absolute atomic E-state index is 12.2. The van der Waals surface area contributed by atoms with Crippen molar-refractivity contribution in [3.05, 3.63) is 0 Å². The van der Waals surface area contributed by atoms with Crippen LogP contribution in [0.5, 0.6) is 0 Å². The molecule has 8 heteroatoms. The number of nitrogens with zero attached hydrogens (tertiary/aromatic N) is 2.